The second-order valence-electron chi connectivity index (χ2n) is 7.06. The van der Waals surface area contributed by atoms with Crippen LogP contribution in [0.2, 0.25) is 5.02 Å². The molecule has 0 aliphatic carbocycles. The zero-order chi connectivity index (χ0) is 25.1. The van der Waals surface area contributed by atoms with Crippen LogP contribution in [0.3, 0.4) is 0 Å². The Morgan fingerprint density at radius 2 is 1.24 bits per heavy atom. The Morgan fingerprint density at radius 1 is 0.735 bits per heavy atom. The lowest BCUT2D eigenvalue weighted by molar-refractivity contribution is -0.179. The van der Waals surface area contributed by atoms with E-state index in [9.17, 15) is 24.0 Å². The molecular formula is C24H23ClO9. The number of benzene rings is 2. The summed E-state index contributed by atoms with van der Waals surface area (Å²) >= 11 is 5.89. The molecule has 0 saturated carbocycles. The molecule has 0 N–H and O–H groups in total. The Morgan fingerprint density at radius 3 is 1.71 bits per heavy atom. The van der Waals surface area contributed by atoms with Crippen molar-refractivity contribution in [2.75, 3.05) is 13.6 Å². The zero-order valence-corrected chi connectivity index (χ0v) is 19.3. The zero-order valence-electron chi connectivity index (χ0n) is 18.5. The first-order valence-electron chi connectivity index (χ1n) is 10.1. The van der Waals surface area contributed by atoms with Crippen LogP contribution in [0.1, 0.15) is 42.1 Å². The summed E-state index contributed by atoms with van der Waals surface area (Å²) in [6, 6.07) is 14.5. The lowest BCUT2D eigenvalue weighted by atomic mass is 9.81. The topological polar surface area (TPSA) is 122 Å². The minimum absolute atomic E-state index is 0.262. The highest BCUT2D eigenvalue weighted by Crippen LogP contribution is 2.32. The van der Waals surface area contributed by atoms with Crippen LogP contribution in [0.5, 0.6) is 0 Å². The Hall–Kier alpha value is -3.72. The molecule has 9 nitrogen and oxygen atoms in total. The van der Waals surface area contributed by atoms with E-state index in [1.807, 2.05) is 0 Å². The van der Waals surface area contributed by atoms with E-state index in [1.165, 1.54) is 12.1 Å². The Kier molecular flexibility index (Phi) is 10.2. The first-order valence-corrected chi connectivity index (χ1v) is 10.5. The second kappa shape index (κ2) is 13.1. The quantitative estimate of drug-likeness (QED) is 0.202. The maximum Gasteiger partial charge on any atom is 0.323 e. The van der Waals surface area contributed by atoms with E-state index in [4.69, 9.17) is 21.1 Å². The molecule has 1 unspecified atom stereocenters. The van der Waals surface area contributed by atoms with E-state index in [2.05, 4.69) is 9.47 Å². The summed E-state index contributed by atoms with van der Waals surface area (Å²) in [6.45, 7) is 0.787. The summed E-state index contributed by atoms with van der Waals surface area (Å²) in [7, 11) is 0. The molecule has 2 aromatic rings. The number of Topliss-reactive ketones (excluding diaryl/α,β-unsaturated/α-hetero) is 1. The number of carbonyl (C=O) groups is 5. The van der Waals surface area contributed by atoms with Gasteiger partial charge in [-0.25, -0.2) is 0 Å². The van der Waals surface area contributed by atoms with Gasteiger partial charge < -0.3 is 18.9 Å². The Balaban J connectivity index is 2.37. The largest absolute Gasteiger partial charge is 0.428 e. The van der Waals surface area contributed by atoms with Gasteiger partial charge in [0.1, 0.15) is 0 Å². The highest BCUT2D eigenvalue weighted by Gasteiger charge is 2.40. The molecule has 2 aromatic carbocycles. The van der Waals surface area contributed by atoms with Crippen LogP contribution >= 0.6 is 11.6 Å². The number of hydrogen-bond acceptors (Lipinski definition) is 9. The number of esters is 4. The van der Waals surface area contributed by atoms with E-state index >= 15 is 0 Å². The smallest absolute Gasteiger partial charge is 0.323 e. The first kappa shape index (κ1) is 26.5. The normalized spacial score (nSPS) is 11.3. The third kappa shape index (κ3) is 8.32. The van der Waals surface area contributed by atoms with E-state index in [0.29, 0.717) is 16.1 Å². The van der Waals surface area contributed by atoms with Gasteiger partial charge in [-0.15, -0.1) is 0 Å². The van der Waals surface area contributed by atoms with Gasteiger partial charge in [-0.2, -0.15) is 0 Å². The van der Waals surface area contributed by atoms with E-state index in [0.717, 1.165) is 13.8 Å². The predicted molar refractivity (Wildman–Crippen MR) is 119 cm³/mol. The van der Waals surface area contributed by atoms with Crippen LogP contribution in [0, 0.1) is 5.92 Å². The van der Waals surface area contributed by atoms with Crippen molar-refractivity contribution in [2.45, 2.75) is 26.2 Å². The summed E-state index contributed by atoms with van der Waals surface area (Å²) in [4.78, 5) is 60.8. The van der Waals surface area contributed by atoms with Crippen molar-refractivity contribution in [3.63, 3.8) is 0 Å². The third-order valence-corrected chi connectivity index (χ3v) is 4.89. The van der Waals surface area contributed by atoms with Gasteiger partial charge in [-0.05, 0) is 29.8 Å². The molecule has 0 bridgehead atoms. The number of carbonyl (C=O) groups excluding carboxylic acids is 5. The van der Waals surface area contributed by atoms with Gasteiger partial charge in [-0.3, -0.25) is 24.0 Å². The van der Waals surface area contributed by atoms with Crippen LogP contribution in [0.25, 0.3) is 0 Å². The van der Waals surface area contributed by atoms with Crippen molar-refractivity contribution >= 4 is 41.3 Å². The van der Waals surface area contributed by atoms with Gasteiger partial charge >= 0.3 is 23.9 Å². The molecule has 0 aliphatic rings. The van der Waals surface area contributed by atoms with Crippen molar-refractivity contribution < 1.29 is 42.9 Å². The van der Waals surface area contributed by atoms with Crippen LogP contribution in [-0.4, -0.2) is 43.2 Å². The summed E-state index contributed by atoms with van der Waals surface area (Å²) in [5.74, 6) is -6.53. The summed E-state index contributed by atoms with van der Waals surface area (Å²) in [5, 5.41) is 0.442. The van der Waals surface area contributed by atoms with Crippen LogP contribution in [0.15, 0.2) is 54.6 Å². The van der Waals surface area contributed by atoms with Gasteiger partial charge in [0.25, 0.3) is 0 Å². The van der Waals surface area contributed by atoms with Crippen molar-refractivity contribution in [3.05, 3.63) is 70.7 Å². The molecule has 0 fully saturated rings. The van der Waals surface area contributed by atoms with E-state index < -0.39 is 49.3 Å². The molecule has 10 heteroatoms. The standard InChI is InChI=1S/C24H23ClO9/c1-15(26)31-13-33-23(29)22(24(30)34-14-32-16(2)27)20(17-6-4-3-5-7-17)12-21(28)18-8-10-19(25)11-9-18/h3-11,20,22H,12-14H2,1-2H3. The molecular weight excluding hydrogens is 468 g/mol. The van der Waals surface area contributed by atoms with Crippen LogP contribution < -0.4 is 0 Å². The van der Waals surface area contributed by atoms with Gasteiger partial charge in [0.2, 0.25) is 13.6 Å². The molecule has 1 atom stereocenters. The number of ketones is 1. The first-order chi connectivity index (χ1) is 16.2. The van der Waals surface area contributed by atoms with Crippen molar-refractivity contribution in [3.8, 4) is 0 Å². The molecule has 0 aliphatic heterocycles. The molecule has 34 heavy (non-hydrogen) atoms. The summed E-state index contributed by atoms with van der Waals surface area (Å²) in [5.41, 5.74) is 0.814. The molecule has 0 spiro atoms. The van der Waals surface area contributed by atoms with Crippen molar-refractivity contribution in [2.24, 2.45) is 5.92 Å². The van der Waals surface area contributed by atoms with E-state index in [-0.39, 0.29) is 12.2 Å². The lowest BCUT2D eigenvalue weighted by Crippen LogP contribution is -2.35. The van der Waals surface area contributed by atoms with E-state index in [1.54, 1.807) is 42.5 Å². The number of ether oxygens (including phenoxy) is 4. The molecule has 0 radical (unpaired) electrons. The molecule has 2 rings (SSSR count). The fourth-order valence-corrected chi connectivity index (χ4v) is 3.15. The van der Waals surface area contributed by atoms with Gasteiger partial charge in [0.15, 0.2) is 11.7 Å². The van der Waals surface area contributed by atoms with Crippen molar-refractivity contribution in [1.29, 1.82) is 0 Å². The maximum atomic E-state index is 13.0. The monoisotopic (exact) mass is 490 g/mol. The Labute approximate surface area is 200 Å². The second-order valence-corrected chi connectivity index (χ2v) is 7.50. The third-order valence-electron chi connectivity index (χ3n) is 4.64. The molecule has 0 amide bonds. The van der Waals surface area contributed by atoms with Crippen molar-refractivity contribution in [1.82, 2.24) is 0 Å². The average molecular weight is 491 g/mol. The molecule has 0 saturated heterocycles. The lowest BCUT2D eigenvalue weighted by Gasteiger charge is -2.24. The fourth-order valence-electron chi connectivity index (χ4n) is 3.03. The Bertz CT molecular complexity index is 986. The minimum Gasteiger partial charge on any atom is -0.428 e. The molecule has 0 aromatic heterocycles. The van der Waals surface area contributed by atoms with Crippen LogP contribution in [0.4, 0.5) is 0 Å². The summed E-state index contributed by atoms with van der Waals surface area (Å²) in [6.07, 6.45) is -0.262. The summed E-state index contributed by atoms with van der Waals surface area (Å²) < 4.78 is 19.1. The maximum absolute atomic E-state index is 13.0. The molecule has 0 heterocycles. The predicted octanol–water partition coefficient (Wildman–Crippen LogP) is 3.44. The van der Waals surface area contributed by atoms with Gasteiger partial charge in [0, 0.05) is 36.8 Å². The molecule has 180 valence electrons. The number of rotatable bonds is 11. The SMILES string of the molecule is CC(=O)OCOC(=O)C(C(=O)OCOC(C)=O)C(CC(=O)c1ccc(Cl)cc1)c1ccccc1. The minimum atomic E-state index is -1.62. The fraction of sp³-hybridized carbons (Fsp3) is 0.292. The van der Waals surface area contributed by atoms with Gasteiger partial charge in [0.05, 0.1) is 0 Å². The number of hydrogen-bond donors (Lipinski definition) is 0. The highest BCUT2D eigenvalue weighted by molar-refractivity contribution is 6.30. The van der Waals surface area contributed by atoms with Crippen LogP contribution in [-0.2, 0) is 38.1 Å². The van der Waals surface area contributed by atoms with Gasteiger partial charge in [-0.1, -0.05) is 41.9 Å². The highest BCUT2D eigenvalue weighted by atomic mass is 35.5. The average Bonchev–Trinajstić information content (AvgIpc) is 2.79. The number of halogens is 1.